The summed E-state index contributed by atoms with van der Waals surface area (Å²) in [4.78, 5) is 18.5. The first kappa shape index (κ1) is 18.4. The van der Waals surface area contributed by atoms with Crippen molar-refractivity contribution in [3.63, 3.8) is 0 Å². The van der Waals surface area contributed by atoms with Gasteiger partial charge in [0.2, 0.25) is 11.7 Å². The maximum atomic E-state index is 12.2. The van der Waals surface area contributed by atoms with Gasteiger partial charge >= 0.3 is 5.97 Å². The fourth-order valence-electron chi connectivity index (χ4n) is 3.74. The van der Waals surface area contributed by atoms with Crippen LogP contribution in [-0.4, -0.2) is 50.4 Å². The Bertz CT molecular complexity index is 924. The number of hydrogen-bond acceptors (Lipinski definition) is 7. The van der Waals surface area contributed by atoms with Crippen LogP contribution in [0.5, 0.6) is 0 Å². The van der Waals surface area contributed by atoms with Gasteiger partial charge in [-0.2, -0.15) is 4.98 Å². The smallest absolute Gasteiger partial charge is 0.313 e. The standard InChI is InChI=1S/C20H21N3O5/c24-16-8-9-23(12-17-21-18(22-28-17)15-7-4-10-27-15)13-20(16,19(25)26)11-14-5-2-1-3-6-14/h1-7,10,16,24H,8-9,11-13H2,(H,25,26)/t16-,20-/m0/s1. The van der Waals surface area contributed by atoms with Crippen molar-refractivity contribution in [2.45, 2.75) is 25.5 Å². The average molecular weight is 383 g/mol. The molecule has 0 unspecified atom stereocenters. The quantitative estimate of drug-likeness (QED) is 0.666. The van der Waals surface area contributed by atoms with Crippen molar-refractivity contribution in [2.24, 2.45) is 5.41 Å². The maximum absolute atomic E-state index is 12.2. The van der Waals surface area contributed by atoms with E-state index in [0.717, 1.165) is 5.56 Å². The fraction of sp³-hybridized carbons (Fsp3) is 0.350. The largest absolute Gasteiger partial charge is 0.481 e. The molecule has 0 spiro atoms. The molecule has 1 aliphatic heterocycles. The zero-order chi connectivity index (χ0) is 19.6. The van der Waals surface area contributed by atoms with Gasteiger partial charge in [0.25, 0.3) is 0 Å². The minimum absolute atomic E-state index is 0.191. The van der Waals surface area contributed by atoms with E-state index in [1.807, 2.05) is 35.2 Å². The van der Waals surface area contributed by atoms with Crippen LogP contribution in [0.15, 0.2) is 57.7 Å². The summed E-state index contributed by atoms with van der Waals surface area (Å²) in [5, 5.41) is 24.5. The molecule has 28 heavy (non-hydrogen) atoms. The number of piperidine rings is 1. The minimum atomic E-state index is -1.29. The fourth-order valence-corrected chi connectivity index (χ4v) is 3.74. The van der Waals surface area contributed by atoms with E-state index in [2.05, 4.69) is 10.1 Å². The molecule has 146 valence electrons. The second kappa shape index (κ2) is 7.57. The van der Waals surface area contributed by atoms with Gasteiger partial charge in [-0.1, -0.05) is 35.5 Å². The summed E-state index contributed by atoms with van der Waals surface area (Å²) in [6.45, 7) is 1.05. The van der Waals surface area contributed by atoms with Crippen molar-refractivity contribution < 1.29 is 23.9 Å². The number of benzene rings is 1. The Balaban J connectivity index is 1.52. The van der Waals surface area contributed by atoms with Crippen LogP contribution < -0.4 is 0 Å². The molecule has 0 aliphatic carbocycles. The first-order chi connectivity index (χ1) is 13.6. The lowest BCUT2D eigenvalue weighted by Gasteiger charge is -2.43. The molecule has 0 bridgehead atoms. The highest BCUT2D eigenvalue weighted by Gasteiger charge is 2.49. The van der Waals surface area contributed by atoms with Crippen molar-refractivity contribution in [3.8, 4) is 11.6 Å². The molecule has 2 aromatic heterocycles. The van der Waals surface area contributed by atoms with Crippen LogP contribution in [0.3, 0.4) is 0 Å². The van der Waals surface area contributed by atoms with Crippen molar-refractivity contribution >= 4 is 5.97 Å². The normalized spacial score (nSPS) is 23.0. The number of rotatable bonds is 6. The lowest BCUT2D eigenvalue weighted by atomic mass is 9.73. The molecule has 0 saturated carbocycles. The molecular weight excluding hydrogens is 362 g/mol. The van der Waals surface area contributed by atoms with Crippen LogP contribution in [0.1, 0.15) is 17.9 Å². The maximum Gasteiger partial charge on any atom is 0.313 e. The first-order valence-electron chi connectivity index (χ1n) is 9.11. The Kier molecular flexibility index (Phi) is 4.97. The lowest BCUT2D eigenvalue weighted by Crippen LogP contribution is -2.56. The summed E-state index contributed by atoms with van der Waals surface area (Å²) in [6.07, 6.45) is 1.21. The summed E-state index contributed by atoms with van der Waals surface area (Å²) >= 11 is 0. The third kappa shape index (κ3) is 3.56. The summed E-state index contributed by atoms with van der Waals surface area (Å²) in [7, 11) is 0. The van der Waals surface area contributed by atoms with Gasteiger partial charge in [0.15, 0.2) is 5.76 Å². The first-order valence-corrected chi connectivity index (χ1v) is 9.11. The van der Waals surface area contributed by atoms with E-state index in [0.29, 0.717) is 37.0 Å². The number of aliphatic carboxylic acids is 1. The number of hydrogen-bond donors (Lipinski definition) is 2. The summed E-state index contributed by atoms with van der Waals surface area (Å²) in [6, 6.07) is 12.9. The highest BCUT2D eigenvalue weighted by molar-refractivity contribution is 5.76. The van der Waals surface area contributed by atoms with Crippen LogP contribution >= 0.6 is 0 Å². The molecule has 8 heteroatoms. The van der Waals surface area contributed by atoms with Crippen molar-refractivity contribution in [1.29, 1.82) is 0 Å². The second-order valence-electron chi connectivity index (χ2n) is 7.13. The molecule has 0 radical (unpaired) electrons. The SMILES string of the molecule is O=C(O)[C@@]1(Cc2ccccc2)CN(Cc2nc(-c3ccco3)no2)CC[C@@H]1O. The Morgan fingerprint density at radius 2 is 2.07 bits per heavy atom. The van der Waals surface area contributed by atoms with Gasteiger partial charge in [-0.15, -0.1) is 0 Å². The minimum Gasteiger partial charge on any atom is -0.481 e. The van der Waals surface area contributed by atoms with Crippen molar-refractivity contribution in [1.82, 2.24) is 15.0 Å². The molecule has 1 aliphatic rings. The van der Waals surface area contributed by atoms with Gasteiger partial charge in [0.1, 0.15) is 5.41 Å². The number of carbonyl (C=O) groups is 1. The van der Waals surface area contributed by atoms with E-state index in [4.69, 9.17) is 8.94 Å². The van der Waals surface area contributed by atoms with Gasteiger partial charge in [-0.3, -0.25) is 9.69 Å². The monoisotopic (exact) mass is 383 g/mol. The number of nitrogens with zero attached hydrogens (tertiary/aromatic N) is 3. The summed E-state index contributed by atoms with van der Waals surface area (Å²) in [5.74, 6) is 0.232. The zero-order valence-corrected chi connectivity index (χ0v) is 15.2. The number of aliphatic hydroxyl groups excluding tert-OH is 1. The molecule has 8 nitrogen and oxygen atoms in total. The van der Waals surface area contributed by atoms with Crippen LogP contribution in [0.2, 0.25) is 0 Å². The Morgan fingerprint density at radius 3 is 2.79 bits per heavy atom. The van der Waals surface area contributed by atoms with Gasteiger partial charge in [0.05, 0.1) is 18.9 Å². The molecular formula is C20H21N3O5. The predicted octanol–water partition coefficient (Wildman–Crippen LogP) is 2.21. The van der Waals surface area contributed by atoms with Crippen LogP contribution in [0.25, 0.3) is 11.6 Å². The van der Waals surface area contributed by atoms with Gasteiger partial charge < -0.3 is 19.2 Å². The number of likely N-dealkylation sites (tertiary alicyclic amines) is 1. The van der Waals surface area contributed by atoms with Gasteiger partial charge in [-0.25, -0.2) is 0 Å². The number of aromatic nitrogens is 2. The highest BCUT2D eigenvalue weighted by Crippen LogP contribution is 2.35. The van der Waals surface area contributed by atoms with E-state index < -0.39 is 17.5 Å². The zero-order valence-electron chi connectivity index (χ0n) is 15.2. The van der Waals surface area contributed by atoms with E-state index in [1.165, 1.54) is 6.26 Å². The second-order valence-corrected chi connectivity index (χ2v) is 7.13. The molecule has 4 rings (SSSR count). The van der Waals surface area contributed by atoms with Crippen LogP contribution in [-0.2, 0) is 17.8 Å². The molecule has 2 N–H and O–H groups in total. The van der Waals surface area contributed by atoms with E-state index >= 15 is 0 Å². The Hall–Kier alpha value is -2.97. The molecule has 1 aromatic carbocycles. The summed E-state index contributed by atoms with van der Waals surface area (Å²) in [5.41, 5.74) is -0.410. The van der Waals surface area contributed by atoms with Gasteiger partial charge in [-0.05, 0) is 30.5 Å². The number of carboxylic acids is 1. The van der Waals surface area contributed by atoms with Gasteiger partial charge in [0, 0.05) is 13.1 Å². The van der Waals surface area contributed by atoms with Crippen molar-refractivity contribution in [3.05, 3.63) is 60.2 Å². The number of aliphatic hydroxyl groups is 1. The van der Waals surface area contributed by atoms with E-state index in [9.17, 15) is 15.0 Å². The average Bonchev–Trinajstić information content (AvgIpc) is 3.37. The third-order valence-corrected chi connectivity index (χ3v) is 5.22. The van der Waals surface area contributed by atoms with Crippen LogP contribution in [0, 0.1) is 5.41 Å². The number of furan rings is 1. The molecule has 1 saturated heterocycles. The van der Waals surface area contributed by atoms with E-state index in [1.54, 1.807) is 12.1 Å². The summed E-state index contributed by atoms with van der Waals surface area (Å²) < 4.78 is 10.6. The van der Waals surface area contributed by atoms with E-state index in [-0.39, 0.29) is 13.0 Å². The molecule has 1 fully saturated rings. The molecule has 3 heterocycles. The molecule has 3 aromatic rings. The lowest BCUT2D eigenvalue weighted by molar-refractivity contribution is -0.163. The Morgan fingerprint density at radius 1 is 1.25 bits per heavy atom. The molecule has 0 amide bonds. The number of carboxylic acid groups (broad SMARTS) is 1. The topological polar surface area (TPSA) is 113 Å². The van der Waals surface area contributed by atoms with Crippen LogP contribution in [0.4, 0.5) is 0 Å². The Labute approximate surface area is 161 Å². The predicted molar refractivity (Wildman–Crippen MR) is 98.1 cm³/mol. The third-order valence-electron chi connectivity index (χ3n) is 5.22. The van der Waals surface area contributed by atoms with Crippen molar-refractivity contribution in [2.75, 3.05) is 13.1 Å². The highest BCUT2D eigenvalue weighted by atomic mass is 16.5. The molecule has 2 atom stereocenters.